The maximum absolute atomic E-state index is 12.1. The summed E-state index contributed by atoms with van der Waals surface area (Å²) in [4.78, 5) is 17.8. The Kier molecular flexibility index (Phi) is 5.40. The molecule has 1 aliphatic heterocycles. The van der Waals surface area contributed by atoms with E-state index in [0.29, 0.717) is 6.54 Å². The summed E-state index contributed by atoms with van der Waals surface area (Å²) in [6.45, 7) is 5.46. The van der Waals surface area contributed by atoms with E-state index in [1.165, 1.54) is 10.5 Å². The van der Waals surface area contributed by atoms with Crippen molar-refractivity contribution in [1.29, 1.82) is 0 Å². The van der Waals surface area contributed by atoms with E-state index in [0.717, 1.165) is 36.8 Å². The minimum absolute atomic E-state index is 0.0512. The molecule has 2 aromatic rings. The summed E-state index contributed by atoms with van der Waals surface area (Å²) in [6.07, 6.45) is 1.91. The van der Waals surface area contributed by atoms with Crippen LogP contribution in [-0.4, -0.2) is 33.1 Å². The van der Waals surface area contributed by atoms with Crippen molar-refractivity contribution in [2.45, 2.75) is 44.2 Å². The van der Waals surface area contributed by atoms with Crippen molar-refractivity contribution >= 4 is 17.8 Å². The quantitative estimate of drug-likeness (QED) is 0.646. The number of aromatic nitrogens is 3. The van der Waals surface area contributed by atoms with E-state index in [4.69, 9.17) is 0 Å². The minimum atomic E-state index is -0.140. The summed E-state index contributed by atoms with van der Waals surface area (Å²) in [5.74, 6) is 2.47. The van der Waals surface area contributed by atoms with Gasteiger partial charge < -0.3 is 10.6 Å². The Bertz CT molecular complexity index is 698. The van der Waals surface area contributed by atoms with Crippen LogP contribution >= 0.6 is 11.8 Å². The fourth-order valence-corrected chi connectivity index (χ4v) is 3.55. The fraction of sp³-hybridized carbons (Fsp3) is 0.471. The molecule has 2 N–H and O–H groups in total. The van der Waals surface area contributed by atoms with E-state index in [1.54, 1.807) is 11.8 Å². The standard InChI is InChI=1S/C17H23N5OS/c1-12-5-7-14(8-6-12)24-11-9-18-17(23)20-15-4-3-10-22-16(15)19-13(2)21-22/h5-8,15H,3-4,9-11H2,1-2H3,(H2,18,20,23)/t15-/m1/s1. The Morgan fingerprint density at radius 2 is 2.12 bits per heavy atom. The Morgan fingerprint density at radius 3 is 2.92 bits per heavy atom. The molecule has 6 nitrogen and oxygen atoms in total. The first-order valence-electron chi connectivity index (χ1n) is 8.27. The van der Waals surface area contributed by atoms with E-state index in [2.05, 4.69) is 51.9 Å². The van der Waals surface area contributed by atoms with E-state index >= 15 is 0 Å². The maximum Gasteiger partial charge on any atom is 0.315 e. The summed E-state index contributed by atoms with van der Waals surface area (Å²) < 4.78 is 1.90. The second-order valence-electron chi connectivity index (χ2n) is 6.00. The van der Waals surface area contributed by atoms with Crippen LogP contribution in [0.3, 0.4) is 0 Å². The van der Waals surface area contributed by atoms with Crippen molar-refractivity contribution in [2.24, 2.45) is 0 Å². The molecule has 24 heavy (non-hydrogen) atoms. The lowest BCUT2D eigenvalue weighted by molar-refractivity contribution is 0.233. The summed E-state index contributed by atoms with van der Waals surface area (Å²) in [7, 11) is 0. The molecule has 1 aliphatic rings. The zero-order valence-corrected chi connectivity index (χ0v) is 14.9. The van der Waals surface area contributed by atoms with Crippen molar-refractivity contribution in [2.75, 3.05) is 12.3 Å². The molecule has 0 bridgehead atoms. The molecule has 0 spiro atoms. The number of nitrogens with one attached hydrogen (secondary N) is 2. The van der Waals surface area contributed by atoms with Crippen molar-refractivity contribution in [3.63, 3.8) is 0 Å². The topological polar surface area (TPSA) is 71.8 Å². The third-order valence-electron chi connectivity index (χ3n) is 3.96. The van der Waals surface area contributed by atoms with Crippen LogP contribution < -0.4 is 10.6 Å². The summed E-state index contributed by atoms with van der Waals surface area (Å²) in [5.41, 5.74) is 1.26. The molecule has 0 radical (unpaired) electrons. The third kappa shape index (κ3) is 4.29. The van der Waals surface area contributed by atoms with Crippen molar-refractivity contribution in [3.05, 3.63) is 41.5 Å². The molecule has 1 aromatic heterocycles. The average Bonchev–Trinajstić information content (AvgIpc) is 2.95. The molecule has 128 valence electrons. The fourth-order valence-electron chi connectivity index (χ4n) is 2.78. The van der Waals surface area contributed by atoms with Crippen LogP contribution in [0.2, 0.25) is 0 Å². The number of aryl methyl sites for hydroxylation is 3. The van der Waals surface area contributed by atoms with E-state index in [1.807, 2.05) is 11.6 Å². The van der Waals surface area contributed by atoms with Gasteiger partial charge in [0.15, 0.2) is 0 Å². The lowest BCUT2D eigenvalue weighted by atomic mass is 10.1. The number of carbonyl (C=O) groups is 1. The summed E-state index contributed by atoms with van der Waals surface area (Å²) in [5, 5.41) is 10.3. The van der Waals surface area contributed by atoms with Gasteiger partial charge in [0.05, 0.1) is 6.04 Å². The minimum Gasteiger partial charge on any atom is -0.337 e. The first kappa shape index (κ1) is 16.8. The molecule has 3 rings (SSSR count). The van der Waals surface area contributed by atoms with Gasteiger partial charge in [-0.3, -0.25) is 0 Å². The van der Waals surface area contributed by atoms with Gasteiger partial charge in [-0.1, -0.05) is 17.7 Å². The highest BCUT2D eigenvalue weighted by Gasteiger charge is 2.24. The highest BCUT2D eigenvalue weighted by atomic mass is 32.2. The van der Waals surface area contributed by atoms with Gasteiger partial charge in [-0.2, -0.15) is 5.10 Å². The highest BCUT2D eigenvalue weighted by Crippen LogP contribution is 2.22. The van der Waals surface area contributed by atoms with Crippen LogP contribution in [0.5, 0.6) is 0 Å². The number of fused-ring (bicyclic) bond motifs is 1. The van der Waals surface area contributed by atoms with Gasteiger partial charge in [0.2, 0.25) is 0 Å². The third-order valence-corrected chi connectivity index (χ3v) is 4.98. The highest BCUT2D eigenvalue weighted by molar-refractivity contribution is 7.99. The maximum atomic E-state index is 12.1. The Morgan fingerprint density at radius 1 is 1.33 bits per heavy atom. The number of nitrogens with zero attached hydrogens (tertiary/aromatic N) is 3. The van der Waals surface area contributed by atoms with Crippen LogP contribution in [-0.2, 0) is 6.54 Å². The molecule has 1 aromatic carbocycles. The summed E-state index contributed by atoms with van der Waals surface area (Å²) in [6, 6.07) is 8.23. The predicted molar refractivity (Wildman–Crippen MR) is 95.2 cm³/mol. The van der Waals surface area contributed by atoms with Gasteiger partial charge in [-0.25, -0.2) is 14.5 Å². The monoisotopic (exact) mass is 345 g/mol. The SMILES string of the molecule is Cc1ccc(SCCNC(=O)N[C@@H]2CCCn3nc(C)nc32)cc1. The van der Waals surface area contributed by atoms with Crippen LogP contribution in [0, 0.1) is 13.8 Å². The van der Waals surface area contributed by atoms with Gasteiger partial charge in [-0.15, -0.1) is 11.8 Å². The molecule has 2 amide bonds. The molecule has 0 saturated heterocycles. The lowest BCUT2D eigenvalue weighted by Gasteiger charge is -2.23. The molecule has 2 heterocycles. The Balaban J connectivity index is 1.42. The van der Waals surface area contributed by atoms with Crippen LogP contribution in [0.1, 0.15) is 36.1 Å². The molecule has 0 saturated carbocycles. The number of benzene rings is 1. The molecule has 1 atom stereocenters. The van der Waals surface area contributed by atoms with Crippen LogP contribution in [0.25, 0.3) is 0 Å². The Labute approximate surface area is 146 Å². The first-order chi connectivity index (χ1) is 11.6. The zero-order valence-electron chi connectivity index (χ0n) is 14.1. The number of amides is 2. The number of urea groups is 1. The van der Waals surface area contributed by atoms with Gasteiger partial charge in [0, 0.05) is 23.7 Å². The molecule has 0 unspecified atom stereocenters. The lowest BCUT2D eigenvalue weighted by Crippen LogP contribution is -2.41. The molecule has 0 aliphatic carbocycles. The largest absolute Gasteiger partial charge is 0.337 e. The molecule has 7 heteroatoms. The number of rotatable bonds is 5. The van der Waals surface area contributed by atoms with Crippen molar-refractivity contribution in [1.82, 2.24) is 25.4 Å². The van der Waals surface area contributed by atoms with Gasteiger partial charge in [0.25, 0.3) is 0 Å². The second kappa shape index (κ2) is 7.70. The first-order valence-corrected chi connectivity index (χ1v) is 9.25. The zero-order chi connectivity index (χ0) is 16.9. The van der Waals surface area contributed by atoms with E-state index in [-0.39, 0.29) is 12.1 Å². The summed E-state index contributed by atoms with van der Waals surface area (Å²) >= 11 is 1.74. The molecule has 0 fully saturated rings. The van der Waals surface area contributed by atoms with Crippen molar-refractivity contribution < 1.29 is 4.79 Å². The molecular formula is C17H23N5OS. The second-order valence-corrected chi connectivity index (χ2v) is 7.17. The van der Waals surface area contributed by atoms with E-state index < -0.39 is 0 Å². The smallest absolute Gasteiger partial charge is 0.315 e. The van der Waals surface area contributed by atoms with Crippen LogP contribution in [0.15, 0.2) is 29.2 Å². The number of carbonyl (C=O) groups excluding carboxylic acids is 1. The predicted octanol–water partition coefficient (Wildman–Crippen LogP) is 2.82. The van der Waals surface area contributed by atoms with Crippen LogP contribution in [0.4, 0.5) is 4.79 Å². The average molecular weight is 345 g/mol. The number of thioether (sulfide) groups is 1. The van der Waals surface area contributed by atoms with Crippen molar-refractivity contribution in [3.8, 4) is 0 Å². The van der Waals surface area contributed by atoms with Gasteiger partial charge >= 0.3 is 6.03 Å². The number of hydrogen-bond acceptors (Lipinski definition) is 4. The van der Waals surface area contributed by atoms with Gasteiger partial charge in [0.1, 0.15) is 11.6 Å². The molecular weight excluding hydrogens is 322 g/mol. The Hall–Kier alpha value is -2.02. The number of hydrogen-bond donors (Lipinski definition) is 2. The van der Waals surface area contributed by atoms with Gasteiger partial charge in [-0.05, 0) is 38.8 Å². The normalized spacial score (nSPS) is 16.5. The van der Waals surface area contributed by atoms with E-state index in [9.17, 15) is 4.79 Å².